The maximum atomic E-state index is 12.6. The van der Waals surface area contributed by atoms with Crippen molar-refractivity contribution >= 4 is 17.6 Å². The van der Waals surface area contributed by atoms with E-state index >= 15 is 0 Å². The van der Waals surface area contributed by atoms with Crippen molar-refractivity contribution in [2.75, 3.05) is 0 Å². The molecule has 1 heterocycles. The van der Waals surface area contributed by atoms with Gasteiger partial charge in [0.2, 0.25) is 11.8 Å². The standard InChI is InChI=1S/C24H21ClN4O2/c1-16-7-9-17(10-8-16)15-26-24(30)27-21(18-5-3-2-4-6-18)23-29-28-22(31-23)19-11-13-20(25)14-12-19/h2-14,21H,15H2,1H3,(H2,26,27,30)/t21-/m1/s1. The third-order valence-electron chi connectivity index (χ3n) is 4.76. The molecule has 7 heteroatoms. The van der Waals surface area contributed by atoms with Crippen LogP contribution >= 0.6 is 11.6 Å². The van der Waals surface area contributed by atoms with Gasteiger partial charge in [0, 0.05) is 17.1 Å². The first-order valence-electron chi connectivity index (χ1n) is 9.83. The van der Waals surface area contributed by atoms with Crippen LogP contribution in [0.15, 0.2) is 83.3 Å². The number of amides is 2. The van der Waals surface area contributed by atoms with Crippen LogP contribution in [0.1, 0.15) is 28.6 Å². The molecule has 0 saturated carbocycles. The molecule has 0 bridgehead atoms. The lowest BCUT2D eigenvalue weighted by Gasteiger charge is -2.16. The van der Waals surface area contributed by atoms with Crippen LogP contribution in [0.3, 0.4) is 0 Å². The molecule has 0 aliphatic heterocycles. The normalized spacial score (nSPS) is 11.7. The summed E-state index contributed by atoms with van der Waals surface area (Å²) in [6.45, 7) is 2.44. The molecule has 0 radical (unpaired) electrons. The lowest BCUT2D eigenvalue weighted by molar-refractivity contribution is 0.236. The van der Waals surface area contributed by atoms with Gasteiger partial charge in [-0.2, -0.15) is 0 Å². The zero-order valence-corrected chi connectivity index (χ0v) is 17.6. The SMILES string of the molecule is Cc1ccc(CNC(=O)N[C@H](c2ccccc2)c2nnc(-c3ccc(Cl)cc3)o2)cc1. The Bertz CT molecular complexity index is 1140. The van der Waals surface area contributed by atoms with E-state index < -0.39 is 6.04 Å². The number of nitrogens with zero attached hydrogens (tertiary/aromatic N) is 2. The highest BCUT2D eigenvalue weighted by Crippen LogP contribution is 2.25. The number of carbonyl (C=O) groups is 1. The van der Waals surface area contributed by atoms with Gasteiger partial charge in [-0.3, -0.25) is 0 Å². The largest absolute Gasteiger partial charge is 0.418 e. The van der Waals surface area contributed by atoms with Gasteiger partial charge in [-0.25, -0.2) is 4.79 Å². The summed E-state index contributed by atoms with van der Waals surface area (Å²) in [7, 11) is 0. The Balaban J connectivity index is 1.52. The van der Waals surface area contributed by atoms with E-state index in [2.05, 4.69) is 20.8 Å². The van der Waals surface area contributed by atoms with E-state index in [0.717, 1.165) is 16.7 Å². The van der Waals surface area contributed by atoms with Gasteiger partial charge in [-0.15, -0.1) is 10.2 Å². The summed E-state index contributed by atoms with van der Waals surface area (Å²) >= 11 is 5.95. The number of aromatic nitrogens is 2. The first kappa shape index (κ1) is 20.6. The number of rotatable bonds is 6. The first-order valence-corrected chi connectivity index (χ1v) is 10.2. The van der Waals surface area contributed by atoms with Crippen molar-refractivity contribution in [1.29, 1.82) is 0 Å². The van der Waals surface area contributed by atoms with Gasteiger partial charge >= 0.3 is 6.03 Å². The fraction of sp³-hybridized carbons (Fsp3) is 0.125. The average Bonchev–Trinajstić information content (AvgIpc) is 3.28. The van der Waals surface area contributed by atoms with Crippen molar-refractivity contribution in [1.82, 2.24) is 20.8 Å². The Morgan fingerprint density at radius 2 is 1.68 bits per heavy atom. The van der Waals surface area contributed by atoms with Gasteiger partial charge in [0.15, 0.2) is 0 Å². The highest BCUT2D eigenvalue weighted by Gasteiger charge is 2.23. The highest BCUT2D eigenvalue weighted by molar-refractivity contribution is 6.30. The van der Waals surface area contributed by atoms with Crippen molar-refractivity contribution in [3.05, 3.63) is 106 Å². The van der Waals surface area contributed by atoms with Crippen LogP contribution in [0.25, 0.3) is 11.5 Å². The Labute approximate surface area is 185 Å². The van der Waals surface area contributed by atoms with E-state index in [1.807, 2.05) is 61.5 Å². The number of urea groups is 1. The van der Waals surface area contributed by atoms with Gasteiger partial charge in [0.05, 0.1) is 0 Å². The van der Waals surface area contributed by atoms with E-state index in [4.69, 9.17) is 16.0 Å². The predicted molar refractivity (Wildman–Crippen MR) is 120 cm³/mol. The van der Waals surface area contributed by atoms with Crippen LogP contribution in [0, 0.1) is 6.92 Å². The number of hydrogen-bond acceptors (Lipinski definition) is 4. The molecule has 2 N–H and O–H groups in total. The van der Waals surface area contributed by atoms with Crippen molar-refractivity contribution in [2.24, 2.45) is 0 Å². The van der Waals surface area contributed by atoms with E-state index in [0.29, 0.717) is 23.3 Å². The molecule has 0 unspecified atom stereocenters. The van der Waals surface area contributed by atoms with Gasteiger partial charge in [0.25, 0.3) is 0 Å². The molecule has 0 saturated heterocycles. The number of hydrogen-bond donors (Lipinski definition) is 2. The maximum Gasteiger partial charge on any atom is 0.315 e. The van der Waals surface area contributed by atoms with Crippen LogP contribution in [0.2, 0.25) is 5.02 Å². The van der Waals surface area contributed by atoms with E-state index in [1.54, 1.807) is 24.3 Å². The molecule has 0 fully saturated rings. The van der Waals surface area contributed by atoms with Crippen molar-refractivity contribution in [2.45, 2.75) is 19.5 Å². The molecule has 3 aromatic carbocycles. The van der Waals surface area contributed by atoms with Gasteiger partial charge in [-0.1, -0.05) is 71.8 Å². The molecular formula is C24H21ClN4O2. The lowest BCUT2D eigenvalue weighted by Crippen LogP contribution is -2.38. The summed E-state index contributed by atoms with van der Waals surface area (Å²) in [5.74, 6) is 0.649. The molecule has 0 aliphatic carbocycles. The molecule has 0 aliphatic rings. The number of benzene rings is 3. The number of nitrogens with one attached hydrogen (secondary N) is 2. The minimum Gasteiger partial charge on any atom is -0.418 e. The number of halogens is 1. The smallest absolute Gasteiger partial charge is 0.315 e. The monoisotopic (exact) mass is 432 g/mol. The van der Waals surface area contributed by atoms with Crippen LogP contribution in [0.4, 0.5) is 4.79 Å². The van der Waals surface area contributed by atoms with Crippen LogP contribution in [-0.4, -0.2) is 16.2 Å². The van der Waals surface area contributed by atoms with E-state index in [-0.39, 0.29) is 6.03 Å². The third-order valence-corrected chi connectivity index (χ3v) is 5.01. The van der Waals surface area contributed by atoms with Gasteiger partial charge < -0.3 is 15.1 Å². The second-order valence-corrected chi connectivity index (χ2v) is 7.55. The molecule has 31 heavy (non-hydrogen) atoms. The third kappa shape index (κ3) is 5.29. The molecule has 6 nitrogen and oxygen atoms in total. The average molecular weight is 433 g/mol. The maximum absolute atomic E-state index is 12.6. The minimum absolute atomic E-state index is 0.293. The molecule has 4 aromatic rings. The Morgan fingerprint density at radius 3 is 2.39 bits per heavy atom. The number of aryl methyl sites for hydroxylation is 1. The topological polar surface area (TPSA) is 80.0 Å². The highest BCUT2D eigenvalue weighted by atomic mass is 35.5. The van der Waals surface area contributed by atoms with Crippen LogP contribution in [-0.2, 0) is 6.54 Å². The molecular weight excluding hydrogens is 412 g/mol. The quantitative estimate of drug-likeness (QED) is 0.434. The Hall–Kier alpha value is -3.64. The first-order chi connectivity index (χ1) is 15.1. The Kier molecular flexibility index (Phi) is 6.29. The van der Waals surface area contributed by atoms with Crippen LogP contribution < -0.4 is 10.6 Å². The minimum atomic E-state index is -0.590. The van der Waals surface area contributed by atoms with E-state index in [9.17, 15) is 4.79 Å². The summed E-state index contributed by atoms with van der Waals surface area (Å²) < 4.78 is 5.90. The zero-order chi connectivity index (χ0) is 21.6. The molecule has 0 spiro atoms. The molecule has 2 amide bonds. The molecule has 1 aromatic heterocycles. The molecule has 156 valence electrons. The summed E-state index contributed by atoms with van der Waals surface area (Å²) in [5, 5.41) is 14.8. The summed E-state index contributed by atoms with van der Waals surface area (Å²) in [4.78, 5) is 12.6. The summed E-state index contributed by atoms with van der Waals surface area (Å²) in [6, 6.07) is 23.7. The Morgan fingerprint density at radius 1 is 0.968 bits per heavy atom. The predicted octanol–water partition coefficient (Wildman–Crippen LogP) is 5.29. The fourth-order valence-corrected chi connectivity index (χ4v) is 3.19. The number of carbonyl (C=O) groups excluding carboxylic acids is 1. The summed E-state index contributed by atoms with van der Waals surface area (Å²) in [5.41, 5.74) is 3.77. The van der Waals surface area contributed by atoms with E-state index in [1.165, 1.54) is 5.56 Å². The second-order valence-electron chi connectivity index (χ2n) is 7.11. The van der Waals surface area contributed by atoms with Gasteiger partial charge in [-0.05, 0) is 42.3 Å². The molecule has 4 rings (SSSR count). The fourth-order valence-electron chi connectivity index (χ4n) is 3.06. The lowest BCUT2D eigenvalue weighted by atomic mass is 10.1. The second kappa shape index (κ2) is 9.45. The zero-order valence-electron chi connectivity index (χ0n) is 16.9. The van der Waals surface area contributed by atoms with Crippen molar-refractivity contribution in [3.63, 3.8) is 0 Å². The van der Waals surface area contributed by atoms with Crippen molar-refractivity contribution < 1.29 is 9.21 Å². The summed E-state index contributed by atoms with van der Waals surface area (Å²) in [6.07, 6.45) is 0. The van der Waals surface area contributed by atoms with Crippen molar-refractivity contribution in [3.8, 4) is 11.5 Å². The van der Waals surface area contributed by atoms with Gasteiger partial charge in [0.1, 0.15) is 6.04 Å². The van der Waals surface area contributed by atoms with Crippen LogP contribution in [0.5, 0.6) is 0 Å². The molecule has 1 atom stereocenters.